The van der Waals surface area contributed by atoms with Gasteiger partial charge in [-0.05, 0) is 25.8 Å². The van der Waals surface area contributed by atoms with E-state index >= 15 is 0 Å². The van der Waals surface area contributed by atoms with E-state index in [-0.39, 0.29) is 12.2 Å². The number of aliphatic hydroxyl groups excluding tert-OH is 1. The Balaban J connectivity index is 1.88. The minimum absolute atomic E-state index is 0.114. The van der Waals surface area contributed by atoms with E-state index in [0.717, 1.165) is 13.0 Å². The van der Waals surface area contributed by atoms with E-state index in [0.29, 0.717) is 12.6 Å². The van der Waals surface area contributed by atoms with Crippen LogP contribution in [0.4, 0.5) is 0 Å². The molecule has 11 heavy (non-hydrogen) atoms. The molecule has 2 rings (SSSR count). The Morgan fingerprint density at radius 3 is 3.00 bits per heavy atom. The zero-order valence-corrected chi connectivity index (χ0v) is 6.68. The topological polar surface area (TPSA) is 41.5 Å². The maximum Gasteiger partial charge on any atom is 0.0848 e. The van der Waals surface area contributed by atoms with Crippen LogP contribution in [-0.4, -0.2) is 36.5 Å². The van der Waals surface area contributed by atoms with Gasteiger partial charge in [-0.2, -0.15) is 0 Å². The van der Waals surface area contributed by atoms with Gasteiger partial charge in [0.1, 0.15) is 0 Å². The highest BCUT2D eigenvalue weighted by Crippen LogP contribution is 2.42. The van der Waals surface area contributed by atoms with Crippen molar-refractivity contribution in [3.8, 4) is 0 Å². The van der Waals surface area contributed by atoms with Crippen molar-refractivity contribution in [1.29, 1.82) is 0 Å². The number of hydrogen-bond acceptors (Lipinski definition) is 3. The quantitative estimate of drug-likeness (QED) is 0.600. The standard InChI is InChI=1S/C8H15NO2/c10-5-6-11-8-2-1-7(8)9-4-3-8/h7,9-10H,1-6H2. The lowest BCUT2D eigenvalue weighted by atomic mass is 9.75. The Morgan fingerprint density at radius 2 is 2.45 bits per heavy atom. The zero-order chi connectivity index (χ0) is 7.73. The average molecular weight is 157 g/mol. The summed E-state index contributed by atoms with van der Waals surface area (Å²) in [5.41, 5.74) is 0.114. The molecule has 1 saturated carbocycles. The van der Waals surface area contributed by atoms with Gasteiger partial charge in [0.2, 0.25) is 0 Å². The first-order valence-corrected chi connectivity index (χ1v) is 4.36. The molecule has 2 aliphatic rings. The third-order valence-corrected chi connectivity index (χ3v) is 2.91. The predicted octanol–water partition coefficient (Wildman–Crippen LogP) is -0.110. The minimum Gasteiger partial charge on any atom is -0.394 e. The molecule has 0 spiro atoms. The summed E-state index contributed by atoms with van der Waals surface area (Å²) >= 11 is 0. The van der Waals surface area contributed by atoms with Gasteiger partial charge in [0.15, 0.2) is 0 Å². The van der Waals surface area contributed by atoms with E-state index in [4.69, 9.17) is 9.84 Å². The van der Waals surface area contributed by atoms with Crippen molar-refractivity contribution in [2.45, 2.75) is 30.9 Å². The van der Waals surface area contributed by atoms with Gasteiger partial charge in [0.05, 0.1) is 18.8 Å². The maximum absolute atomic E-state index is 8.61. The van der Waals surface area contributed by atoms with Gasteiger partial charge in [-0.25, -0.2) is 0 Å². The zero-order valence-electron chi connectivity index (χ0n) is 6.68. The van der Waals surface area contributed by atoms with E-state index in [1.165, 1.54) is 12.8 Å². The van der Waals surface area contributed by atoms with Crippen LogP contribution >= 0.6 is 0 Å². The molecule has 64 valence electrons. The molecule has 0 aromatic carbocycles. The van der Waals surface area contributed by atoms with Gasteiger partial charge < -0.3 is 15.2 Å². The smallest absolute Gasteiger partial charge is 0.0848 e. The second kappa shape index (κ2) is 2.73. The first kappa shape index (κ1) is 7.53. The molecule has 2 fully saturated rings. The third kappa shape index (κ3) is 1.08. The molecule has 0 amide bonds. The van der Waals surface area contributed by atoms with E-state index < -0.39 is 0 Å². The van der Waals surface area contributed by atoms with Crippen LogP contribution in [0.1, 0.15) is 19.3 Å². The number of aliphatic hydroxyl groups is 1. The fraction of sp³-hybridized carbons (Fsp3) is 1.00. The summed E-state index contributed by atoms with van der Waals surface area (Å²) in [5, 5.41) is 12.0. The monoisotopic (exact) mass is 157 g/mol. The van der Waals surface area contributed by atoms with Crippen LogP contribution in [0, 0.1) is 0 Å². The Morgan fingerprint density at radius 1 is 1.55 bits per heavy atom. The van der Waals surface area contributed by atoms with Crippen molar-refractivity contribution in [2.24, 2.45) is 0 Å². The van der Waals surface area contributed by atoms with Crippen LogP contribution in [0.3, 0.4) is 0 Å². The van der Waals surface area contributed by atoms with Crippen LogP contribution in [0.25, 0.3) is 0 Å². The molecule has 0 bridgehead atoms. The molecular formula is C8H15NO2. The molecule has 0 aromatic rings. The van der Waals surface area contributed by atoms with Crippen LogP contribution < -0.4 is 5.32 Å². The second-order valence-corrected chi connectivity index (χ2v) is 3.43. The normalized spacial score (nSPS) is 41.7. The third-order valence-electron chi connectivity index (χ3n) is 2.91. The summed E-state index contributed by atoms with van der Waals surface area (Å²) in [6, 6.07) is 0.578. The van der Waals surface area contributed by atoms with Crippen molar-refractivity contribution >= 4 is 0 Å². The summed E-state index contributed by atoms with van der Waals surface area (Å²) in [4.78, 5) is 0. The molecule has 2 unspecified atom stereocenters. The highest BCUT2D eigenvalue weighted by atomic mass is 16.5. The summed E-state index contributed by atoms with van der Waals surface area (Å²) < 4.78 is 5.63. The number of hydrogen-bond donors (Lipinski definition) is 2. The Hall–Kier alpha value is -0.120. The lowest BCUT2D eigenvalue weighted by molar-refractivity contribution is -0.112. The molecule has 2 atom stereocenters. The largest absolute Gasteiger partial charge is 0.394 e. The minimum atomic E-state index is 0.114. The predicted molar refractivity (Wildman–Crippen MR) is 41.4 cm³/mol. The van der Waals surface area contributed by atoms with Crippen molar-refractivity contribution < 1.29 is 9.84 Å². The number of rotatable bonds is 3. The molecular weight excluding hydrogens is 142 g/mol. The first-order chi connectivity index (χ1) is 5.37. The molecule has 0 radical (unpaired) electrons. The fourth-order valence-corrected chi connectivity index (χ4v) is 2.15. The number of nitrogens with one attached hydrogen (secondary N) is 1. The van der Waals surface area contributed by atoms with Crippen molar-refractivity contribution in [3.63, 3.8) is 0 Å². The molecule has 3 heteroatoms. The van der Waals surface area contributed by atoms with Gasteiger partial charge in [0.25, 0.3) is 0 Å². The summed E-state index contributed by atoms with van der Waals surface area (Å²) in [6.45, 7) is 1.72. The lowest BCUT2D eigenvalue weighted by Gasteiger charge is -2.44. The Bertz CT molecular complexity index is 151. The Kier molecular flexibility index (Phi) is 1.87. The van der Waals surface area contributed by atoms with Gasteiger partial charge in [0, 0.05) is 6.04 Å². The van der Waals surface area contributed by atoms with Gasteiger partial charge in [-0.15, -0.1) is 0 Å². The van der Waals surface area contributed by atoms with E-state index in [1.54, 1.807) is 0 Å². The maximum atomic E-state index is 8.61. The molecule has 1 aliphatic heterocycles. The highest BCUT2D eigenvalue weighted by Gasteiger charge is 2.50. The van der Waals surface area contributed by atoms with Gasteiger partial charge in [-0.1, -0.05) is 0 Å². The molecule has 3 nitrogen and oxygen atoms in total. The van der Waals surface area contributed by atoms with Crippen LogP contribution in [0.15, 0.2) is 0 Å². The van der Waals surface area contributed by atoms with Gasteiger partial charge in [-0.3, -0.25) is 0 Å². The van der Waals surface area contributed by atoms with E-state index in [1.807, 2.05) is 0 Å². The van der Waals surface area contributed by atoms with Crippen molar-refractivity contribution in [3.05, 3.63) is 0 Å². The summed E-state index contributed by atoms with van der Waals surface area (Å²) in [6.07, 6.45) is 3.54. The first-order valence-electron chi connectivity index (χ1n) is 4.36. The highest BCUT2D eigenvalue weighted by molar-refractivity contribution is 5.07. The molecule has 1 heterocycles. The Labute approximate surface area is 66.7 Å². The van der Waals surface area contributed by atoms with Crippen LogP contribution in [-0.2, 0) is 4.74 Å². The number of fused-ring (bicyclic) bond motifs is 1. The van der Waals surface area contributed by atoms with E-state index in [9.17, 15) is 0 Å². The lowest BCUT2D eigenvalue weighted by Crippen LogP contribution is -2.54. The SMILES string of the molecule is OCCOC12CCNC1CC2. The van der Waals surface area contributed by atoms with Crippen LogP contribution in [0.5, 0.6) is 0 Å². The molecule has 1 saturated heterocycles. The molecule has 2 N–H and O–H groups in total. The van der Waals surface area contributed by atoms with Crippen molar-refractivity contribution in [2.75, 3.05) is 19.8 Å². The van der Waals surface area contributed by atoms with Crippen molar-refractivity contribution in [1.82, 2.24) is 5.32 Å². The van der Waals surface area contributed by atoms with Gasteiger partial charge >= 0.3 is 0 Å². The second-order valence-electron chi connectivity index (χ2n) is 3.43. The fourth-order valence-electron chi connectivity index (χ4n) is 2.15. The summed E-state index contributed by atoms with van der Waals surface area (Å²) in [5.74, 6) is 0. The van der Waals surface area contributed by atoms with Crippen LogP contribution in [0.2, 0.25) is 0 Å². The van der Waals surface area contributed by atoms with E-state index in [2.05, 4.69) is 5.32 Å². The molecule has 1 aliphatic carbocycles. The number of ether oxygens (including phenoxy) is 1. The summed E-state index contributed by atoms with van der Waals surface area (Å²) in [7, 11) is 0. The average Bonchev–Trinajstić information content (AvgIpc) is 2.26. The molecule has 0 aromatic heterocycles.